The molecule has 11 heavy (non-hydrogen) atoms. The lowest BCUT2D eigenvalue weighted by Crippen LogP contribution is -2.30. The van der Waals surface area contributed by atoms with Gasteiger partial charge in [0.25, 0.3) is 0 Å². The van der Waals surface area contributed by atoms with E-state index in [9.17, 15) is 0 Å². The molecule has 1 heteroatoms. The average molecular weight is 152 g/mol. The van der Waals surface area contributed by atoms with E-state index in [-0.39, 0.29) is 0 Å². The van der Waals surface area contributed by atoms with Crippen LogP contribution in [0.3, 0.4) is 0 Å². The van der Waals surface area contributed by atoms with Crippen LogP contribution in [0.25, 0.3) is 0 Å². The van der Waals surface area contributed by atoms with Crippen molar-refractivity contribution in [3.05, 3.63) is 0 Å². The van der Waals surface area contributed by atoms with Crippen LogP contribution in [0.1, 0.15) is 33.1 Å². The zero-order valence-corrected chi connectivity index (χ0v) is 7.39. The maximum atomic E-state index is 5.79. The molecule has 0 amide bonds. The fraction of sp³-hybridized carbons (Fsp3) is 1.00. The van der Waals surface area contributed by atoms with Gasteiger partial charge in [0.2, 0.25) is 0 Å². The summed E-state index contributed by atoms with van der Waals surface area (Å²) in [6, 6.07) is 0. The largest absolute Gasteiger partial charge is 0.377 e. The first kappa shape index (κ1) is 6.47. The number of ether oxygens (including phenoxy) is 1. The van der Waals surface area contributed by atoms with Gasteiger partial charge in [0.15, 0.2) is 0 Å². The van der Waals surface area contributed by atoms with Crippen molar-refractivity contribution in [1.29, 1.82) is 0 Å². The van der Waals surface area contributed by atoms with Crippen molar-refractivity contribution >= 4 is 0 Å². The molecular formula is C10H16O. The highest BCUT2D eigenvalue weighted by molar-refractivity contribution is 5.16. The summed E-state index contributed by atoms with van der Waals surface area (Å²) in [6.07, 6.45) is 4.85. The lowest BCUT2D eigenvalue weighted by atomic mass is 9.71. The molecule has 3 aliphatic rings. The van der Waals surface area contributed by atoms with Gasteiger partial charge in [0.1, 0.15) is 0 Å². The first-order chi connectivity index (χ1) is 5.17. The van der Waals surface area contributed by atoms with Gasteiger partial charge in [-0.3, -0.25) is 0 Å². The molecule has 0 aromatic carbocycles. The molecule has 1 heterocycles. The van der Waals surface area contributed by atoms with E-state index in [0.717, 1.165) is 12.5 Å². The predicted octanol–water partition coefficient (Wildman–Crippen LogP) is 2.21. The van der Waals surface area contributed by atoms with Crippen LogP contribution in [0.2, 0.25) is 0 Å². The van der Waals surface area contributed by atoms with Gasteiger partial charge in [-0.15, -0.1) is 0 Å². The highest BCUT2D eigenvalue weighted by Gasteiger charge is 2.68. The lowest BCUT2D eigenvalue weighted by Gasteiger charge is -2.31. The molecule has 0 N–H and O–H groups in total. The molecule has 1 nitrogen and oxygen atoms in total. The van der Waals surface area contributed by atoms with Crippen LogP contribution in [0.4, 0.5) is 0 Å². The predicted molar refractivity (Wildman–Crippen MR) is 43.3 cm³/mol. The third kappa shape index (κ3) is 0.462. The molecule has 3 rings (SSSR count). The molecule has 0 radical (unpaired) electrons. The van der Waals surface area contributed by atoms with Gasteiger partial charge in [-0.05, 0) is 25.2 Å². The molecule has 3 fully saturated rings. The average Bonchev–Trinajstić information content (AvgIpc) is 2.45. The fourth-order valence-electron chi connectivity index (χ4n) is 3.78. The van der Waals surface area contributed by atoms with Gasteiger partial charge in [-0.25, -0.2) is 0 Å². The van der Waals surface area contributed by atoms with Gasteiger partial charge in [0, 0.05) is 10.8 Å². The Labute approximate surface area is 68.1 Å². The zero-order valence-electron chi connectivity index (χ0n) is 7.39. The van der Waals surface area contributed by atoms with E-state index in [2.05, 4.69) is 13.8 Å². The lowest BCUT2D eigenvalue weighted by molar-refractivity contribution is 0.00996. The van der Waals surface area contributed by atoms with Crippen molar-refractivity contribution in [1.82, 2.24) is 0 Å². The minimum absolute atomic E-state index is 0.553. The maximum absolute atomic E-state index is 5.79. The smallest absolute Gasteiger partial charge is 0.0638 e. The molecule has 4 bridgehead atoms. The summed E-state index contributed by atoms with van der Waals surface area (Å²) >= 11 is 0. The van der Waals surface area contributed by atoms with Crippen LogP contribution in [-0.2, 0) is 4.74 Å². The van der Waals surface area contributed by atoms with E-state index in [1.807, 2.05) is 0 Å². The van der Waals surface area contributed by atoms with Crippen LogP contribution >= 0.6 is 0 Å². The molecule has 62 valence electrons. The Hall–Kier alpha value is -0.0400. The van der Waals surface area contributed by atoms with Gasteiger partial charge >= 0.3 is 0 Å². The van der Waals surface area contributed by atoms with Gasteiger partial charge in [-0.1, -0.05) is 13.8 Å². The monoisotopic (exact) mass is 152 g/mol. The van der Waals surface area contributed by atoms with Crippen molar-refractivity contribution < 1.29 is 4.74 Å². The normalized spacial score (nSPS) is 66.0. The molecular weight excluding hydrogens is 136 g/mol. The Morgan fingerprint density at radius 2 is 2.09 bits per heavy atom. The van der Waals surface area contributed by atoms with Crippen molar-refractivity contribution in [2.45, 2.75) is 39.2 Å². The zero-order chi connectivity index (χ0) is 7.69. The summed E-state index contributed by atoms with van der Waals surface area (Å²) < 4.78 is 5.79. The number of rotatable bonds is 0. The molecule has 0 aromatic heterocycles. The fourth-order valence-corrected chi connectivity index (χ4v) is 3.78. The van der Waals surface area contributed by atoms with Crippen molar-refractivity contribution in [2.24, 2.45) is 16.7 Å². The second kappa shape index (κ2) is 1.52. The Balaban J connectivity index is 2.15. The third-order valence-electron chi connectivity index (χ3n) is 5.01. The summed E-state index contributed by atoms with van der Waals surface area (Å²) in [7, 11) is 0. The minimum atomic E-state index is 0.553. The maximum Gasteiger partial charge on any atom is 0.0638 e. The van der Waals surface area contributed by atoms with E-state index in [4.69, 9.17) is 4.74 Å². The van der Waals surface area contributed by atoms with Crippen LogP contribution < -0.4 is 0 Å². The summed E-state index contributed by atoms with van der Waals surface area (Å²) in [4.78, 5) is 0. The molecule has 2 saturated carbocycles. The van der Waals surface area contributed by atoms with E-state index in [1.54, 1.807) is 0 Å². The molecule has 0 unspecified atom stereocenters. The Morgan fingerprint density at radius 3 is 2.55 bits per heavy atom. The van der Waals surface area contributed by atoms with Crippen LogP contribution in [0.5, 0.6) is 0 Å². The summed E-state index contributed by atoms with van der Waals surface area (Å²) in [5.41, 5.74) is 1.11. The van der Waals surface area contributed by atoms with Crippen molar-refractivity contribution in [2.75, 3.05) is 6.61 Å². The van der Waals surface area contributed by atoms with Crippen molar-refractivity contribution in [3.8, 4) is 0 Å². The van der Waals surface area contributed by atoms with E-state index < -0.39 is 0 Å². The Bertz CT molecular complexity index is 191. The van der Waals surface area contributed by atoms with Gasteiger partial charge in [0.05, 0.1) is 12.7 Å². The van der Waals surface area contributed by atoms with E-state index in [0.29, 0.717) is 16.9 Å². The second-order valence-electron chi connectivity index (χ2n) is 5.11. The van der Waals surface area contributed by atoms with E-state index in [1.165, 1.54) is 19.3 Å². The molecule has 0 spiro atoms. The number of hydrogen-bond acceptors (Lipinski definition) is 1. The molecule has 4 atom stereocenters. The SMILES string of the molecule is C[C@]12CO[C@H]3C[C@@H]1CC[C@@]32C. The summed E-state index contributed by atoms with van der Waals surface area (Å²) in [6.45, 7) is 5.92. The number of hydrogen-bond donors (Lipinski definition) is 0. The van der Waals surface area contributed by atoms with Crippen LogP contribution in [-0.4, -0.2) is 12.7 Å². The van der Waals surface area contributed by atoms with Gasteiger partial charge in [-0.2, -0.15) is 0 Å². The molecule has 1 saturated heterocycles. The highest BCUT2D eigenvalue weighted by Crippen LogP contribution is 2.70. The molecule has 2 aliphatic carbocycles. The van der Waals surface area contributed by atoms with Crippen LogP contribution in [0, 0.1) is 16.7 Å². The summed E-state index contributed by atoms with van der Waals surface area (Å²) in [5.74, 6) is 0.992. The van der Waals surface area contributed by atoms with Gasteiger partial charge < -0.3 is 4.74 Å². The molecule has 1 aliphatic heterocycles. The topological polar surface area (TPSA) is 9.23 Å². The summed E-state index contributed by atoms with van der Waals surface area (Å²) in [5, 5.41) is 0. The van der Waals surface area contributed by atoms with Crippen LogP contribution in [0.15, 0.2) is 0 Å². The van der Waals surface area contributed by atoms with Crippen molar-refractivity contribution in [3.63, 3.8) is 0 Å². The van der Waals surface area contributed by atoms with E-state index >= 15 is 0 Å². The second-order valence-corrected chi connectivity index (χ2v) is 5.11. The Morgan fingerprint density at radius 1 is 1.27 bits per heavy atom. The minimum Gasteiger partial charge on any atom is -0.377 e. The highest BCUT2D eigenvalue weighted by atomic mass is 16.5. The standard InChI is InChI=1S/C10H16O/c1-9-4-3-7-5-8(9)11-6-10(7,9)2/h7-8H,3-6H2,1-2H3/t7-,8-,9-,10-/m0/s1. The first-order valence-electron chi connectivity index (χ1n) is 4.78. The molecule has 0 aromatic rings. The third-order valence-corrected chi connectivity index (χ3v) is 5.01. The Kier molecular flexibility index (Phi) is 0.893. The quantitative estimate of drug-likeness (QED) is 0.517. The first-order valence-corrected chi connectivity index (χ1v) is 4.78.